The average molecular weight is 673 g/mol. The lowest BCUT2D eigenvalue weighted by Crippen LogP contribution is -3.00. The van der Waals surface area contributed by atoms with Crippen molar-refractivity contribution in [3.63, 3.8) is 0 Å². The summed E-state index contributed by atoms with van der Waals surface area (Å²) in [5.41, 5.74) is 1.17. The van der Waals surface area contributed by atoms with Gasteiger partial charge in [-0.15, -0.1) is 0 Å². The Bertz CT molecular complexity index is 913. The topological polar surface area (TPSA) is 51.4 Å². The number of pyridine rings is 1. The summed E-state index contributed by atoms with van der Waals surface area (Å²) < 4.78 is 13.5. The number of unbranched alkanes of at least 4 members (excludes halogenated alkanes) is 13. The number of nitrogens with zero attached hydrogens (tertiary/aromatic N) is 1. The first-order chi connectivity index (χ1) is 18.6. The summed E-state index contributed by atoms with van der Waals surface area (Å²) in [6.07, 6.45) is 23.6. The maximum absolute atomic E-state index is 12.1. The molecule has 5 nitrogen and oxygen atoms in total. The largest absolute Gasteiger partial charge is 1.00 e. The quantitative estimate of drug-likeness (QED) is 0.112. The highest BCUT2D eigenvalue weighted by Gasteiger charge is 2.08. The number of aromatic nitrogens is 1. The zero-order valence-electron chi connectivity index (χ0n) is 24.2. The molecule has 0 fully saturated rings. The van der Waals surface area contributed by atoms with Gasteiger partial charge in [0.2, 0.25) is 0 Å². The van der Waals surface area contributed by atoms with Gasteiger partial charge in [0.05, 0.1) is 11.6 Å². The Kier molecular flexibility index (Phi) is 21.1. The van der Waals surface area contributed by atoms with E-state index in [0.29, 0.717) is 23.9 Å². The molecular weight excluding hydrogens is 623 g/mol. The first-order valence-corrected chi connectivity index (χ1v) is 15.2. The van der Waals surface area contributed by atoms with E-state index in [2.05, 4.69) is 12.2 Å². The number of hydrogen-bond acceptors (Lipinski definition) is 3. The fourth-order valence-corrected chi connectivity index (χ4v) is 4.74. The number of amides is 1. The minimum Gasteiger partial charge on any atom is -1.00 e. The molecule has 2 aromatic rings. The molecule has 220 valence electrons. The van der Waals surface area contributed by atoms with Crippen molar-refractivity contribution in [1.82, 2.24) is 5.32 Å². The molecule has 2 rings (SSSR count). The number of benzene rings is 1. The number of halogens is 2. The molecule has 0 bridgehead atoms. The van der Waals surface area contributed by atoms with Crippen molar-refractivity contribution in [2.45, 2.75) is 103 Å². The number of ether oxygens (including phenoxy) is 2. The van der Waals surface area contributed by atoms with Crippen LogP contribution in [0.25, 0.3) is 0 Å². The van der Waals surface area contributed by atoms with Gasteiger partial charge in [-0.2, -0.15) is 0 Å². The van der Waals surface area contributed by atoms with E-state index in [9.17, 15) is 4.79 Å². The predicted molar refractivity (Wildman–Crippen MR) is 157 cm³/mol. The summed E-state index contributed by atoms with van der Waals surface area (Å²) in [4.78, 5) is 12.1. The Morgan fingerprint density at radius 1 is 0.872 bits per heavy atom. The highest BCUT2D eigenvalue weighted by atomic mass is 127. The maximum atomic E-state index is 12.1. The van der Waals surface area contributed by atoms with Gasteiger partial charge in [0.1, 0.15) is 18.5 Å². The number of carbonyl (C=O) groups is 1. The van der Waals surface area contributed by atoms with Crippen LogP contribution in [0.1, 0.15) is 102 Å². The van der Waals surface area contributed by atoms with E-state index in [0.717, 1.165) is 18.6 Å². The first-order valence-electron chi connectivity index (χ1n) is 14.8. The second kappa shape index (κ2) is 23.2. The highest BCUT2D eigenvalue weighted by molar-refractivity contribution is 6.32. The molecule has 7 heteroatoms. The third-order valence-electron chi connectivity index (χ3n) is 6.77. The minimum absolute atomic E-state index is 0. The second-order valence-corrected chi connectivity index (χ2v) is 10.7. The van der Waals surface area contributed by atoms with Crippen LogP contribution >= 0.6 is 11.6 Å². The Morgan fingerprint density at radius 2 is 1.49 bits per heavy atom. The van der Waals surface area contributed by atoms with Gasteiger partial charge in [0.15, 0.2) is 19.0 Å². The summed E-state index contributed by atoms with van der Waals surface area (Å²) in [5.74, 6) is 1.05. The molecule has 1 N–H and O–H groups in total. The molecule has 0 aliphatic rings. The van der Waals surface area contributed by atoms with Gasteiger partial charge < -0.3 is 38.8 Å². The van der Waals surface area contributed by atoms with Gasteiger partial charge in [-0.05, 0) is 31.0 Å². The normalized spacial score (nSPS) is 10.6. The Balaban J connectivity index is 0.00000760. The lowest BCUT2D eigenvalue weighted by atomic mass is 10.0. The summed E-state index contributed by atoms with van der Waals surface area (Å²) in [6, 6.07) is 9.41. The molecule has 1 aromatic heterocycles. The van der Waals surface area contributed by atoms with Gasteiger partial charge in [-0.1, -0.05) is 102 Å². The number of rotatable bonds is 22. The molecule has 0 aliphatic heterocycles. The molecule has 0 spiro atoms. The Labute approximate surface area is 259 Å². The van der Waals surface area contributed by atoms with E-state index in [4.69, 9.17) is 21.1 Å². The molecule has 0 radical (unpaired) electrons. The SMILES string of the molecule is CCCCCCCCCCCCCCCCOc1ccc(OCC(=O)NCCc2ccc[n+](C)c2)c(Cl)c1.[I-]. The van der Waals surface area contributed by atoms with Crippen LogP contribution in [0.4, 0.5) is 0 Å². The first kappa shape index (κ1) is 35.5. The molecule has 0 aliphatic carbocycles. The zero-order chi connectivity index (χ0) is 27.3. The molecular formula is C32H50ClIN2O3. The maximum Gasteiger partial charge on any atom is 0.257 e. The van der Waals surface area contributed by atoms with Crippen molar-refractivity contribution in [2.24, 2.45) is 7.05 Å². The van der Waals surface area contributed by atoms with Crippen molar-refractivity contribution in [3.05, 3.63) is 53.3 Å². The van der Waals surface area contributed by atoms with Crippen molar-refractivity contribution >= 4 is 17.5 Å². The van der Waals surface area contributed by atoms with Crippen molar-refractivity contribution in [2.75, 3.05) is 19.8 Å². The summed E-state index contributed by atoms with van der Waals surface area (Å²) in [7, 11) is 1.98. The minimum atomic E-state index is -0.167. The van der Waals surface area contributed by atoms with Crippen LogP contribution in [0.15, 0.2) is 42.7 Å². The fraction of sp³-hybridized carbons (Fsp3) is 0.625. The lowest BCUT2D eigenvalue weighted by Gasteiger charge is -2.11. The third-order valence-corrected chi connectivity index (χ3v) is 7.06. The Morgan fingerprint density at radius 3 is 2.08 bits per heavy atom. The monoisotopic (exact) mass is 672 g/mol. The lowest BCUT2D eigenvalue weighted by molar-refractivity contribution is -0.671. The number of hydrogen-bond donors (Lipinski definition) is 1. The number of aryl methyl sites for hydroxylation is 1. The molecule has 0 unspecified atom stereocenters. The van der Waals surface area contributed by atoms with Gasteiger partial charge in [-0.3, -0.25) is 4.79 Å². The van der Waals surface area contributed by atoms with Gasteiger partial charge in [0.25, 0.3) is 5.91 Å². The average Bonchev–Trinajstić information content (AvgIpc) is 2.90. The van der Waals surface area contributed by atoms with Crippen LogP contribution in [0.5, 0.6) is 11.5 Å². The third kappa shape index (κ3) is 17.7. The molecule has 39 heavy (non-hydrogen) atoms. The van der Waals surface area contributed by atoms with Crippen LogP contribution in [0, 0.1) is 0 Å². The van der Waals surface area contributed by atoms with Gasteiger partial charge >= 0.3 is 0 Å². The number of carbonyl (C=O) groups excluding carboxylic acids is 1. The number of nitrogens with one attached hydrogen (secondary N) is 1. The molecule has 1 heterocycles. The summed E-state index contributed by atoms with van der Waals surface area (Å²) in [5, 5.41) is 3.33. The van der Waals surface area contributed by atoms with E-state index in [-0.39, 0.29) is 36.5 Å². The van der Waals surface area contributed by atoms with Gasteiger partial charge in [-0.25, -0.2) is 4.57 Å². The van der Waals surface area contributed by atoms with E-state index >= 15 is 0 Å². The van der Waals surface area contributed by atoms with E-state index in [1.165, 1.54) is 89.0 Å². The van der Waals surface area contributed by atoms with Crippen molar-refractivity contribution in [1.29, 1.82) is 0 Å². The van der Waals surface area contributed by atoms with Crippen LogP contribution in [0.2, 0.25) is 5.02 Å². The standard InChI is InChI=1S/C32H49ClN2O3.HI/c1-3-4-5-6-7-8-9-10-11-12-13-14-15-16-24-37-29-19-20-31(30(33)25-29)38-27-32(36)34-22-21-28-18-17-23-35(2)26-28;/h17-20,23,25-26H,3-16,21-22,24,27H2,1-2H3;1H. The van der Waals surface area contributed by atoms with Gasteiger partial charge in [0, 0.05) is 24.2 Å². The Hall–Kier alpha value is -1.54. The van der Waals surface area contributed by atoms with Crippen LogP contribution < -0.4 is 43.3 Å². The smallest absolute Gasteiger partial charge is 0.257 e. The molecule has 0 atom stereocenters. The van der Waals surface area contributed by atoms with E-state index in [1.54, 1.807) is 12.1 Å². The van der Waals surface area contributed by atoms with Crippen LogP contribution in [0.3, 0.4) is 0 Å². The molecule has 1 amide bonds. The fourth-order valence-electron chi connectivity index (χ4n) is 4.51. The van der Waals surface area contributed by atoms with Crippen molar-refractivity contribution in [3.8, 4) is 11.5 Å². The molecule has 0 saturated heterocycles. The van der Waals surface area contributed by atoms with Crippen LogP contribution in [-0.2, 0) is 18.3 Å². The van der Waals surface area contributed by atoms with E-state index < -0.39 is 0 Å². The molecule has 0 saturated carbocycles. The highest BCUT2D eigenvalue weighted by Crippen LogP contribution is 2.29. The second-order valence-electron chi connectivity index (χ2n) is 10.3. The summed E-state index contributed by atoms with van der Waals surface area (Å²) >= 11 is 6.34. The van der Waals surface area contributed by atoms with E-state index in [1.807, 2.05) is 42.2 Å². The van der Waals surface area contributed by atoms with Crippen molar-refractivity contribution < 1.29 is 42.8 Å². The zero-order valence-corrected chi connectivity index (χ0v) is 27.1. The van der Waals surface area contributed by atoms with Crippen LogP contribution in [-0.4, -0.2) is 25.7 Å². The molecule has 1 aromatic carbocycles. The summed E-state index contributed by atoms with van der Waals surface area (Å²) in [6.45, 7) is 3.46. The predicted octanol–water partition coefficient (Wildman–Crippen LogP) is 4.77.